The highest BCUT2D eigenvalue weighted by molar-refractivity contribution is 5.08. The van der Waals surface area contributed by atoms with E-state index < -0.39 is 0 Å². The highest BCUT2D eigenvalue weighted by Crippen LogP contribution is 2.44. The summed E-state index contributed by atoms with van der Waals surface area (Å²) in [7, 11) is 0. The molecule has 0 aromatic carbocycles. The summed E-state index contributed by atoms with van der Waals surface area (Å²) in [5.41, 5.74) is 1.96. The lowest BCUT2D eigenvalue weighted by Crippen LogP contribution is -2.13. The summed E-state index contributed by atoms with van der Waals surface area (Å²) in [4.78, 5) is 0. The maximum absolute atomic E-state index is 4.00. The fourth-order valence-electron chi connectivity index (χ4n) is 1.60. The molecule has 1 atom stereocenters. The van der Waals surface area contributed by atoms with Crippen LogP contribution in [-0.2, 0) is 0 Å². The molecule has 1 unspecified atom stereocenters. The van der Waals surface area contributed by atoms with Gasteiger partial charge in [-0.25, -0.2) is 0 Å². The van der Waals surface area contributed by atoms with Gasteiger partial charge in [0, 0.05) is 0 Å². The van der Waals surface area contributed by atoms with E-state index in [1.807, 2.05) is 0 Å². The lowest BCUT2D eigenvalue weighted by Gasteiger charge is -2.22. The normalized spacial score (nSPS) is 33.2. The number of allylic oxidation sites excluding steroid dienone is 1. The molecule has 1 aliphatic carbocycles. The van der Waals surface area contributed by atoms with Crippen molar-refractivity contribution in [3.8, 4) is 0 Å². The van der Waals surface area contributed by atoms with Crippen molar-refractivity contribution in [2.45, 2.75) is 33.6 Å². The van der Waals surface area contributed by atoms with Gasteiger partial charge in [0.05, 0.1) is 0 Å². The third-order valence-corrected chi connectivity index (χ3v) is 2.63. The van der Waals surface area contributed by atoms with Crippen LogP contribution in [0.15, 0.2) is 12.2 Å². The van der Waals surface area contributed by atoms with Crippen LogP contribution in [0.1, 0.15) is 33.6 Å². The molecule has 0 aliphatic heterocycles. The number of rotatable bonds is 0. The second-order valence-corrected chi connectivity index (χ2v) is 4.02. The van der Waals surface area contributed by atoms with Gasteiger partial charge in [-0.1, -0.05) is 32.9 Å². The molecule has 9 heavy (non-hydrogen) atoms. The van der Waals surface area contributed by atoms with Gasteiger partial charge in [-0.2, -0.15) is 0 Å². The smallest absolute Gasteiger partial charge is 0.0269 e. The van der Waals surface area contributed by atoms with E-state index in [0.717, 1.165) is 5.92 Å². The molecule has 0 N–H and O–H groups in total. The van der Waals surface area contributed by atoms with Gasteiger partial charge in [0.25, 0.3) is 0 Å². The van der Waals surface area contributed by atoms with E-state index in [0.29, 0.717) is 5.41 Å². The third-order valence-electron chi connectivity index (χ3n) is 2.63. The van der Waals surface area contributed by atoms with Crippen molar-refractivity contribution in [2.24, 2.45) is 11.3 Å². The maximum Gasteiger partial charge on any atom is -0.0269 e. The SMILES string of the molecule is C=C1CC(C)C(C)(C)C1. The van der Waals surface area contributed by atoms with E-state index in [4.69, 9.17) is 0 Å². The first-order valence-corrected chi connectivity index (χ1v) is 3.69. The molecule has 1 fully saturated rings. The molecule has 1 rings (SSSR count). The maximum atomic E-state index is 4.00. The Morgan fingerprint density at radius 2 is 2.11 bits per heavy atom. The number of hydrogen-bond acceptors (Lipinski definition) is 0. The fourth-order valence-corrected chi connectivity index (χ4v) is 1.60. The summed E-state index contributed by atoms with van der Waals surface area (Å²) < 4.78 is 0. The van der Waals surface area contributed by atoms with E-state index >= 15 is 0 Å². The molecule has 0 aromatic rings. The summed E-state index contributed by atoms with van der Waals surface area (Å²) in [6.45, 7) is 11.0. The molecule has 0 nitrogen and oxygen atoms in total. The van der Waals surface area contributed by atoms with E-state index in [2.05, 4.69) is 27.4 Å². The van der Waals surface area contributed by atoms with Crippen LogP contribution >= 0.6 is 0 Å². The minimum Gasteiger partial charge on any atom is -0.0998 e. The molecule has 0 aromatic heterocycles. The zero-order valence-electron chi connectivity index (χ0n) is 6.70. The Morgan fingerprint density at radius 1 is 1.56 bits per heavy atom. The molecule has 0 heteroatoms. The van der Waals surface area contributed by atoms with Crippen molar-refractivity contribution in [3.63, 3.8) is 0 Å². The molecule has 0 radical (unpaired) electrons. The zero-order valence-corrected chi connectivity index (χ0v) is 6.70. The highest BCUT2D eigenvalue weighted by Gasteiger charge is 2.32. The van der Waals surface area contributed by atoms with Gasteiger partial charge in [0.15, 0.2) is 0 Å². The van der Waals surface area contributed by atoms with Gasteiger partial charge < -0.3 is 0 Å². The van der Waals surface area contributed by atoms with E-state index in [1.54, 1.807) is 0 Å². The van der Waals surface area contributed by atoms with Crippen molar-refractivity contribution in [1.82, 2.24) is 0 Å². The average Bonchev–Trinajstić information content (AvgIpc) is 1.79. The predicted molar refractivity (Wildman–Crippen MR) is 41.3 cm³/mol. The minimum atomic E-state index is 0.525. The first kappa shape index (κ1) is 6.85. The Hall–Kier alpha value is -0.260. The zero-order chi connectivity index (χ0) is 7.07. The molecule has 0 bridgehead atoms. The summed E-state index contributed by atoms with van der Waals surface area (Å²) in [5.74, 6) is 0.838. The molecule has 0 saturated heterocycles. The largest absolute Gasteiger partial charge is 0.0998 e. The lowest BCUT2D eigenvalue weighted by atomic mass is 9.83. The van der Waals surface area contributed by atoms with E-state index in [1.165, 1.54) is 18.4 Å². The summed E-state index contributed by atoms with van der Waals surface area (Å²) in [5, 5.41) is 0. The molecular formula is C9H16. The van der Waals surface area contributed by atoms with Crippen LogP contribution in [0.2, 0.25) is 0 Å². The number of hydrogen-bond donors (Lipinski definition) is 0. The Bertz CT molecular complexity index is 131. The van der Waals surface area contributed by atoms with Crippen molar-refractivity contribution in [3.05, 3.63) is 12.2 Å². The standard InChI is InChI=1S/C9H16/c1-7-5-8(2)9(3,4)6-7/h8H,1,5-6H2,2-4H3. The summed E-state index contributed by atoms with van der Waals surface area (Å²) in [6.07, 6.45) is 2.47. The topological polar surface area (TPSA) is 0 Å². The minimum absolute atomic E-state index is 0.525. The molecular weight excluding hydrogens is 108 g/mol. The fraction of sp³-hybridized carbons (Fsp3) is 0.778. The molecule has 1 saturated carbocycles. The van der Waals surface area contributed by atoms with E-state index in [-0.39, 0.29) is 0 Å². The Morgan fingerprint density at radius 3 is 2.22 bits per heavy atom. The van der Waals surface area contributed by atoms with Crippen molar-refractivity contribution in [2.75, 3.05) is 0 Å². The second kappa shape index (κ2) is 1.86. The molecule has 0 amide bonds. The van der Waals surface area contributed by atoms with Crippen LogP contribution in [0.4, 0.5) is 0 Å². The van der Waals surface area contributed by atoms with Gasteiger partial charge in [-0.15, -0.1) is 0 Å². The van der Waals surface area contributed by atoms with Crippen LogP contribution < -0.4 is 0 Å². The van der Waals surface area contributed by atoms with Gasteiger partial charge in [0.2, 0.25) is 0 Å². The highest BCUT2D eigenvalue weighted by atomic mass is 14.4. The van der Waals surface area contributed by atoms with Gasteiger partial charge in [-0.3, -0.25) is 0 Å². The van der Waals surface area contributed by atoms with Crippen molar-refractivity contribution >= 4 is 0 Å². The summed E-state index contributed by atoms with van der Waals surface area (Å²) in [6, 6.07) is 0. The van der Waals surface area contributed by atoms with Gasteiger partial charge in [0.1, 0.15) is 0 Å². The second-order valence-electron chi connectivity index (χ2n) is 4.02. The first-order chi connectivity index (χ1) is 4.02. The predicted octanol–water partition coefficient (Wildman–Crippen LogP) is 3.00. The van der Waals surface area contributed by atoms with Crippen LogP contribution in [0.5, 0.6) is 0 Å². The van der Waals surface area contributed by atoms with Crippen LogP contribution in [-0.4, -0.2) is 0 Å². The van der Waals surface area contributed by atoms with Gasteiger partial charge >= 0.3 is 0 Å². The molecule has 1 aliphatic rings. The molecule has 52 valence electrons. The monoisotopic (exact) mass is 124 g/mol. The van der Waals surface area contributed by atoms with Gasteiger partial charge in [-0.05, 0) is 24.2 Å². The van der Waals surface area contributed by atoms with Crippen LogP contribution in [0, 0.1) is 11.3 Å². The van der Waals surface area contributed by atoms with Crippen LogP contribution in [0.25, 0.3) is 0 Å². The van der Waals surface area contributed by atoms with E-state index in [9.17, 15) is 0 Å². The molecule has 0 heterocycles. The van der Waals surface area contributed by atoms with Crippen molar-refractivity contribution < 1.29 is 0 Å². The first-order valence-electron chi connectivity index (χ1n) is 3.69. The Labute approximate surface area is 58.0 Å². The molecule has 0 spiro atoms. The van der Waals surface area contributed by atoms with Crippen molar-refractivity contribution in [1.29, 1.82) is 0 Å². The quantitative estimate of drug-likeness (QED) is 0.435. The summed E-state index contributed by atoms with van der Waals surface area (Å²) >= 11 is 0. The Balaban J connectivity index is 2.69. The third kappa shape index (κ3) is 1.17. The average molecular weight is 124 g/mol. The Kier molecular flexibility index (Phi) is 1.42. The lowest BCUT2D eigenvalue weighted by molar-refractivity contribution is 0.282. The van der Waals surface area contributed by atoms with Crippen LogP contribution in [0.3, 0.4) is 0 Å².